The predicted octanol–water partition coefficient (Wildman–Crippen LogP) is 4.37. The maximum atomic E-state index is 14.1. The van der Waals surface area contributed by atoms with Gasteiger partial charge in [-0.3, -0.25) is 9.69 Å². The van der Waals surface area contributed by atoms with Crippen LogP contribution in [0.4, 0.5) is 0 Å². The Morgan fingerprint density at radius 3 is 2.78 bits per heavy atom. The molecule has 2 heterocycles. The van der Waals surface area contributed by atoms with Gasteiger partial charge in [0.2, 0.25) is 0 Å². The summed E-state index contributed by atoms with van der Waals surface area (Å²) in [6.45, 7) is 1.85. The molecule has 2 bridgehead atoms. The second-order valence-corrected chi connectivity index (χ2v) is 11.5. The molecule has 3 aromatic carbocycles. The Kier molecular flexibility index (Phi) is 4.07. The summed E-state index contributed by atoms with van der Waals surface area (Å²) in [7, 11) is 0. The number of fused-ring (bicyclic) bond motifs is 1. The van der Waals surface area contributed by atoms with Gasteiger partial charge < -0.3 is 14.9 Å². The fraction of sp³-hybridized carbons (Fsp3) is 0.387. The molecule has 5 heteroatoms. The van der Waals surface area contributed by atoms with E-state index in [1.165, 1.54) is 12.8 Å². The van der Waals surface area contributed by atoms with Crippen molar-refractivity contribution in [1.29, 1.82) is 0 Å². The molecule has 5 nitrogen and oxygen atoms in total. The molecule has 3 aliphatic carbocycles. The Hall–Kier alpha value is -3.15. The number of phenolic OH excluding ortho intramolecular Hbond substituents is 1. The van der Waals surface area contributed by atoms with Crippen LogP contribution in [0.3, 0.4) is 0 Å². The molecule has 0 amide bonds. The van der Waals surface area contributed by atoms with Crippen LogP contribution < -0.4 is 4.74 Å². The van der Waals surface area contributed by atoms with Crippen molar-refractivity contribution in [3.8, 4) is 11.5 Å². The first-order valence-electron chi connectivity index (χ1n) is 13.2. The van der Waals surface area contributed by atoms with Crippen LogP contribution in [0, 0.1) is 5.92 Å². The fourth-order valence-corrected chi connectivity index (χ4v) is 7.87. The van der Waals surface area contributed by atoms with Gasteiger partial charge in [0.15, 0.2) is 23.4 Å². The van der Waals surface area contributed by atoms with Gasteiger partial charge in [0, 0.05) is 30.1 Å². The van der Waals surface area contributed by atoms with Crippen LogP contribution in [0.5, 0.6) is 11.5 Å². The standard InChI is InChI=1S/C31H29NO4/c33-24-11-10-21-15-25-31(35)16-22(14-20-6-3-5-19-4-1-2-7-23(19)20)27(34)29-30(31,26(21)28(24)36-29)12-13-32(25)17-18-8-9-18/h1-7,10-11,14,18,25,29,33,35H,8-9,12-13,15-17H2/b22-14+/t25-,29+,30+,31-/m1/s1. The molecule has 36 heavy (non-hydrogen) atoms. The fourth-order valence-electron chi connectivity index (χ4n) is 7.87. The van der Waals surface area contributed by atoms with Gasteiger partial charge in [-0.25, -0.2) is 0 Å². The minimum absolute atomic E-state index is 0.0612. The highest BCUT2D eigenvalue weighted by Crippen LogP contribution is 2.65. The Morgan fingerprint density at radius 2 is 1.92 bits per heavy atom. The number of piperidine rings is 1. The molecule has 0 unspecified atom stereocenters. The molecule has 4 atom stereocenters. The molecule has 182 valence electrons. The summed E-state index contributed by atoms with van der Waals surface area (Å²) in [6.07, 6.45) is 5.35. The van der Waals surface area contributed by atoms with E-state index in [1.807, 2.05) is 36.4 Å². The first-order valence-corrected chi connectivity index (χ1v) is 13.2. The Labute approximate surface area is 210 Å². The number of carbonyl (C=O) groups is 1. The molecule has 0 radical (unpaired) electrons. The van der Waals surface area contributed by atoms with E-state index < -0.39 is 17.1 Å². The van der Waals surface area contributed by atoms with Crippen LogP contribution in [-0.2, 0) is 16.6 Å². The number of rotatable bonds is 3. The van der Waals surface area contributed by atoms with Gasteiger partial charge >= 0.3 is 0 Å². The summed E-state index contributed by atoms with van der Waals surface area (Å²) in [5, 5.41) is 25.7. The largest absolute Gasteiger partial charge is 0.504 e. The molecule has 3 aromatic rings. The van der Waals surface area contributed by atoms with E-state index in [1.54, 1.807) is 6.07 Å². The second-order valence-electron chi connectivity index (χ2n) is 11.5. The highest BCUT2D eigenvalue weighted by molar-refractivity contribution is 6.08. The van der Waals surface area contributed by atoms with Crippen molar-refractivity contribution >= 4 is 22.6 Å². The number of aliphatic hydroxyl groups is 1. The normalized spacial score (nSPS) is 33.6. The highest BCUT2D eigenvalue weighted by Gasteiger charge is 2.74. The number of hydrogen-bond acceptors (Lipinski definition) is 5. The molecule has 8 rings (SSSR count). The predicted molar refractivity (Wildman–Crippen MR) is 137 cm³/mol. The summed E-state index contributed by atoms with van der Waals surface area (Å²) in [5.74, 6) is 1.12. The number of phenols is 1. The van der Waals surface area contributed by atoms with Gasteiger partial charge in [-0.15, -0.1) is 0 Å². The van der Waals surface area contributed by atoms with Crippen molar-refractivity contribution in [3.63, 3.8) is 0 Å². The van der Waals surface area contributed by atoms with Crippen molar-refractivity contribution in [2.24, 2.45) is 5.92 Å². The molecule has 2 aliphatic heterocycles. The first kappa shape index (κ1) is 21.0. The molecule has 2 N–H and O–H groups in total. The molecule has 3 fully saturated rings. The third-order valence-electron chi connectivity index (χ3n) is 9.68. The quantitative estimate of drug-likeness (QED) is 0.546. The summed E-state index contributed by atoms with van der Waals surface area (Å²) in [6, 6.07) is 17.9. The van der Waals surface area contributed by atoms with Gasteiger partial charge in [-0.1, -0.05) is 48.5 Å². The Morgan fingerprint density at radius 1 is 1.08 bits per heavy atom. The number of carbonyl (C=O) groups excluding carboxylic acids is 1. The molecular formula is C31H29NO4. The number of Topliss-reactive ketones (excluding diaryl/α,β-unsaturated/α-hetero) is 1. The zero-order valence-corrected chi connectivity index (χ0v) is 20.1. The van der Waals surface area contributed by atoms with E-state index in [2.05, 4.69) is 23.1 Å². The lowest BCUT2D eigenvalue weighted by Gasteiger charge is -2.62. The van der Waals surface area contributed by atoms with Crippen LogP contribution >= 0.6 is 0 Å². The third kappa shape index (κ3) is 2.55. The van der Waals surface area contributed by atoms with Crippen LogP contribution in [0.25, 0.3) is 16.8 Å². The average Bonchev–Trinajstić information content (AvgIpc) is 3.62. The van der Waals surface area contributed by atoms with Gasteiger partial charge in [0.05, 0.1) is 11.0 Å². The lowest BCUT2D eigenvalue weighted by molar-refractivity contribution is -0.179. The molecule has 2 saturated carbocycles. The van der Waals surface area contributed by atoms with E-state index >= 15 is 0 Å². The average molecular weight is 480 g/mol. The summed E-state index contributed by atoms with van der Waals surface area (Å²) >= 11 is 0. The van der Waals surface area contributed by atoms with Gasteiger partial charge in [-0.2, -0.15) is 0 Å². The smallest absolute Gasteiger partial charge is 0.200 e. The second kappa shape index (κ2) is 6.99. The maximum Gasteiger partial charge on any atom is 0.200 e. The topological polar surface area (TPSA) is 70.0 Å². The van der Waals surface area contributed by atoms with Crippen LogP contribution in [-0.4, -0.2) is 51.7 Å². The molecular weight excluding hydrogens is 450 g/mol. The van der Waals surface area contributed by atoms with Crippen molar-refractivity contribution in [3.05, 3.63) is 76.9 Å². The van der Waals surface area contributed by atoms with Crippen molar-refractivity contribution in [2.45, 2.75) is 55.3 Å². The summed E-state index contributed by atoms with van der Waals surface area (Å²) < 4.78 is 6.35. The molecule has 1 saturated heterocycles. The summed E-state index contributed by atoms with van der Waals surface area (Å²) in [5.41, 5.74) is 1.63. The zero-order chi connectivity index (χ0) is 24.2. The number of ketones is 1. The van der Waals surface area contributed by atoms with E-state index in [0.29, 0.717) is 36.5 Å². The maximum absolute atomic E-state index is 14.1. The molecule has 0 aromatic heterocycles. The number of nitrogens with zero attached hydrogens (tertiary/aromatic N) is 1. The van der Waals surface area contributed by atoms with Crippen molar-refractivity contribution in [2.75, 3.05) is 13.1 Å². The Bertz CT molecular complexity index is 1480. The summed E-state index contributed by atoms with van der Waals surface area (Å²) in [4.78, 5) is 16.6. The van der Waals surface area contributed by atoms with Crippen LogP contribution in [0.1, 0.15) is 42.4 Å². The van der Waals surface area contributed by atoms with Gasteiger partial charge in [-0.05, 0) is 72.2 Å². The number of likely N-dealkylation sites (tertiary alicyclic amines) is 1. The highest BCUT2D eigenvalue weighted by atomic mass is 16.5. The molecule has 5 aliphatic rings. The lowest BCUT2D eigenvalue weighted by Crippen LogP contribution is -2.77. The SMILES string of the molecule is O=C1/C(=C/c2cccc3ccccc23)C[C@@]2(O)[C@H]3Cc4ccc(O)c5c4[C@@]2(CCN3CC2CC2)[C@H]1O5. The van der Waals surface area contributed by atoms with E-state index in [4.69, 9.17) is 4.74 Å². The lowest BCUT2D eigenvalue weighted by atomic mass is 9.48. The first-order chi connectivity index (χ1) is 17.5. The van der Waals surface area contributed by atoms with Gasteiger partial charge in [0.25, 0.3) is 0 Å². The van der Waals surface area contributed by atoms with E-state index in [0.717, 1.165) is 40.6 Å². The van der Waals surface area contributed by atoms with E-state index in [-0.39, 0.29) is 17.6 Å². The minimum Gasteiger partial charge on any atom is -0.504 e. The zero-order valence-electron chi connectivity index (χ0n) is 20.1. The van der Waals surface area contributed by atoms with Crippen LogP contribution in [0.2, 0.25) is 0 Å². The number of benzene rings is 3. The van der Waals surface area contributed by atoms with Gasteiger partial charge in [0.1, 0.15) is 0 Å². The number of aromatic hydroxyl groups is 1. The number of ether oxygens (including phenoxy) is 1. The van der Waals surface area contributed by atoms with Crippen molar-refractivity contribution in [1.82, 2.24) is 4.90 Å². The number of hydrogen-bond donors (Lipinski definition) is 2. The van der Waals surface area contributed by atoms with Crippen LogP contribution in [0.15, 0.2) is 60.2 Å². The van der Waals surface area contributed by atoms with Crippen molar-refractivity contribution < 1.29 is 19.7 Å². The molecule has 1 spiro atoms. The Balaban J connectivity index is 1.32. The minimum atomic E-state index is -1.14. The van der Waals surface area contributed by atoms with E-state index in [9.17, 15) is 15.0 Å². The monoisotopic (exact) mass is 479 g/mol. The third-order valence-corrected chi connectivity index (χ3v) is 9.68.